The molecular weight excluding hydrogens is 1150 g/mol. The molecule has 3 fully saturated rings. The van der Waals surface area contributed by atoms with Crippen LogP contribution in [0.5, 0.6) is 0 Å². The van der Waals surface area contributed by atoms with Crippen molar-refractivity contribution >= 4 is 45.0 Å². The number of likely N-dealkylation sites (N-methyl/N-ethyl adjacent to an activating group) is 1. The van der Waals surface area contributed by atoms with Gasteiger partial charge < -0.3 is 63.8 Å². The summed E-state index contributed by atoms with van der Waals surface area (Å²) in [4.78, 5) is 32.9. The van der Waals surface area contributed by atoms with Gasteiger partial charge in [0.1, 0.15) is 30.0 Å². The molecule has 0 saturated carbocycles. The Hall–Kier alpha value is -3.13. The van der Waals surface area contributed by atoms with Gasteiger partial charge >= 0.3 is 225 Å². The number of cyclic esters (lactones) is 1. The third-order valence-corrected chi connectivity index (χ3v) is 27.1. The molecule has 4 heterocycles. The predicted molar refractivity (Wildman–Crippen MR) is 346 cm³/mol. The van der Waals surface area contributed by atoms with E-state index in [1.54, 1.807) is 53.4 Å². The molecule has 5 N–H and O–H groups in total. The summed E-state index contributed by atoms with van der Waals surface area (Å²) in [5.41, 5.74) is -5.03. The number of unbranched alkanes of at least 4 members (excludes halogenated alkanes) is 8. The van der Waals surface area contributed by atoms with E-state index in [1.165, 1.54) is 14.0 Å². The second-order valence-electron chi connectivity index (χ2n) is 28.1. The minimum absolute atomic E-state index is 0.0620. The van der Waals surface area contributed by atoms with E-state index in [-0.39, 0.29) is 55.8 Å². The number of ether oxygens (including phenoxy) is 6. The van der Waals surface area contributed by atoms with E-state index in [2.05, 4.69) is 75.5 Å². The number of carbonyl (C=O) groups is 2. The summed E-state index contributed by atoms with van der Waals surface area (Å²) < 4.78 is 40.4. The molecule has 0 spiro atoms. The van der Waals surface area contributed by atoms with Crippen LogP contribution in [-0.2, 0) is 43.5 Å². The number of rotatable bonds is 22. The van der Waals surface area contributed by atoms with Crippen LogP contribution in [0.1, 0.15) is 180 Å². The standard InChI is InChI=1S/C68H112ClN4O13P/c1-17-55-68(13,80)60(76)49(6)72(56(74)37-31-23-21-19-18-20-22-24-32-38-87(69,51-33-27-25-28-34-51,52-35-29-26-30-36-52)53-42-70-73(44-53)65(8,9)10)43-45(2)40-66(11,79)62(86-64-58(75)54(71(14)15)39-46(3)82-64)47(4)59(48(5)63(78)84-55)85-57-41-67(12,81-16)61(77)50(7)83-57/h25-30,33-36,42,44-50,54-55,57-62,64,75-77,79-80H,17-24,31-32,37-41,43H2,1-16H3/t45-,46-,47+,48-,49-,50+,54+,55-,57+,58-,59+,60-,61+,62-,64+,66-,67-,68-/m1/s1. The Morgan fingerprint density at radius 2 is 1.37 bits per heavy atom. The van der Waals surface area contributed by atoms with E-state index in [4.69, 9.17) is 44.8 Å². The molecule has 1 aromatic heterocycles. The Labute approximate surface area is 526 Å². The molecule has 17 nitrogen and oxygen atoms in total. The molecule has 0 radical (unpaired) electrons. The second-order valence-corrected chi connectivity index (χ2v) is 34.7. The van der Waals surface area contributed by atoms with Gasteiger partial charge in [-0.15, -0.1) is 0 Å². The minimum Gasteiger partial charge on any atom is -0.388 e. The number of aliphatic hydroxyl groups excluding tert-OH is 3. The van der Waals surface area contributed by atoms with Gasteiger partial charge in [0.2, 0.25) is 0 Å². The maximum atomic E-state index is 14.7. The number of aliphatic hydroxyl groups is 5. The molecule has 87 heavy (non-hydrogen) atoms. The van der Waals surface area contributed by atoms with E-state index < -0.39 is 108 Å². The number of hydrogen-bond acceptors (Lipinski definition) is 15. The molecule has 2 aromatic carbocycles. The van der Waals surface area contributed by atoms with Crippen molar-refractivity contribution in [2.75, 3.05) is 33.9 Å². The van der Waals surface area contributed by atoms with Crippen molar-refractivity contribution in [3.8, 4) is 0 Å². The maximum absolute atomic E-state index is 14.7. The van der Waals surface area contributed by atoms with Crippen molar-refractivity contribution in [3.63, 3.8) is 0 Å². The van der Waals surface area contributed by atoms with E-state index in [1.807, 2.05) is 55.9 Å². The zero-order valence-electron chi connectivity index (χ0n) is 55.5. The second kappa shape index (κ2) is 30.5. The smallest absolute Gasteiger partial charge is 0.126 e. The Bertz CT molecular complexity index is 2570. The normalized spacial score (nSPS) is 35.0. The van der Waals surface area contributed by atoms with Crippen molar-refractivity contribution in [1.29, 1.82) is 0 Å². The van der Waals surface area contributed by atoms with Crippen LogP contribution in [-0.4, -0.2) is 181 Å². The zero-order valence-corrected chi connectivity index (χ0v) is 57.2. The van der Waals surface area contributed by atoms with Gasteiger partial charge in [-0.1, -0.05) is 20.8 Å². The third kappa shape index (κ3) is 16.9. The fourth-order valence-corrected chi connectivity index (χ4v) is 20.2. The van der Waals surface area contributed by atoms with Crippen LogP contribution in [0, 0.1) is 17.8 Å². The van der Waals surface area contributed by atoms with E-state index in [9.17, 15) is 35.1 Å². The molecule has 3 saturated heterocycles. The molecule has 3 aliphatic rings. The van der Waals surface area contributed by atoms with Crippen LogP contribution in [0.15, 0.2) is 73.1 Å². The number of amides is 1. The SMILES string of the molecule is CC[C@H]1OC(=O)[C@H](C)[C@@H](O[C@H]2C[C@@](C)(OC)[C@@H](O)[C@H](C)O2)[C@H](C)[C@@H](O[C@@H]2O[C@H](C)C[C@H](N(C)C)[C@H]2O)[C@](C)(O)C[C@@H](C)CN(C(=O)CCCCCCCCCCCP(Cl)(c2ccccc2)(c2ccccc2)c2cnn(C(C)(C)C)c2)[C@H](C)[C@@H](O)[C@]1(C)O. The number of benzene rings is 2. The van der Waals surface area contributed by atoms with Crippen LogP contribution in [0.4, 0.5) is 0 Å². The quantitative estimate of drug-likeness (QED) is 0.0360. The van der Waals surface area contributed by atoms with Gasteiger partial charge in [-0.2, -0.15) is 0 Å². The summed E-state index contributed by atoms with van der Waals surface area (Å²) in [6, 6.07) is 19.9. The van der Waals surface area contributed by atoms with Gasteiger partial charge in [0.25, 0.3) is 0 Å². The van der Waals surface area contributed by atoms with E-state index in [0.717, 1.165) is 73.4 Å². The van der Waals surface area contributed by atoms with Crippen LogP contribution in [0.3, 0.4) is 0 Å². The Morgan fingerprint density at radius 1 is 0.805 bits per heavy atom. The molecule has 3 aromatic rings. The fourth-order valence-electron chi connectivity index (χ4n) is 14.1. The molecule has 1 amide bonds. The average molecular weight is 1260 g/mol. The summed E-state index contributed by atoms with van der Waals surface area (Å²) in [6.45, 7) is 23.9. The molecule has 0 bridgehead atoms. The number of nitrogens with zero attached hydrogens (tertiary/aromatic N) is 4. The number of carbonyl (C=O) groups excluding carboxylic acids is 2. The Balaban J connectivity index is 1.16. The third-order valence-electron chi connectivity index (χ3n) is 19.6. The number of aromatic nitrogens is 2. The van der Waals surface area contributed by atoms with Crippen molar-refractivity contribution in [3.05, 3.63) is 73.1 Å². The molecule has 494 valence electrons. The van der Waals surface area contributed by atoms with Gasteiger partial charge in [-0.3, -0.25) is 9.59 Å². The Kier molecular flexibility index (Phi) is 25.6. The summed E-state index contributed by atoms with van der Waals surface area (Å²) in [6.07, 6.45) is 4.27. The van der Waals surface area contributed by atoms with E-state index in [0.29, 0.717) is 12.8 Å². The van der Waals surface area contributed by atoms with Crippen LogP contribution in [0.2, 0.25) is 0 Å². The molecule has 0 unspecified atom stereocenters. The van der Waals surface area contributed by atoms with Crippen molar-refractivity contribution in [1.82, 2.24) is 19.6 Å². The van der Waals surface area contributed by atoms with Gasteiger partial charge in [0, 0.05) is 32.0 Å². The predicted octanol–water partition coefficient (Wildman–Crippen LogP) is 9.33. The average Bonchev–Trinajstić information content (AvgIpc) is 1.70. The first-order valence-electron chi connectivity index (χ1n) is 32.5. The maximum Gasteiger partial charge on any atom is 0.126 e. The summed E-state index contributed by atoms with van der Waals surface area (Å²) in [7, 11) is 5.26. The van der Waals surface area contributed by atoms with E-state index >= 15 is 0 Å². The molecular formula is C68H112ClN4O13P. The van der Waals surface area contributed by atoms with Gasteiger partial charge in [0.15, 0.2) is 12.6 Å². The number of halogens is 1. The van der Waals surface area contributed by atoms with Crippen LogP contribution < -0.4 is 15.9 Å². The fraction of sp³-hybridized carbons (Fsp3) is 0.750. The van der Waals surface area contributed by atoms with Crippen LogP contribution >= 0.6 is 17.2 Å². The monoisotopic (exact) mass is 1260 g/mol. The summed E-state index contributed by atoms with van der Waals surface area (Å²) >= 11 is 8.42. The molecule has 19 heteroatoms. The van der Waals surface area contributed by atoms with Gasteiger partial charge in [0.05, 0.1) is 47.6 Å². The largest absolute Gasteiger partial charge is 0.388 e. The van der Waals surface area contributed by atoms with Crippen molar-refractivity contribution in [2.45, 2.75) is 276 Å². The molecule has 18 atom stereocenters. The topological polar surface area (TPSA) is 215 Å². The Morgan fingerprint density at radius 3 is 1.90 bits per heavy atom. The zero-order chi connectivity index (χ0) is 64.5. The summed E-state index contributed by atoms with van der Waals surface area (Å²) in [5.74, 6) is -6.77. The number of esters is 1. The van der Waals surface area contributed by atoms with Crippen molar-refractivity contribution in [2.24, 2.45) is 17.8 Å². The number of hydrogen-bond donors (Lipinski definition) is 5. The van der Waals surface area contributed by atoms with Crippen molar-refractivity contribution < 1.29 is 63.5 Å². The first-order valence-corrected chi connectivity index (χ1v) is 35.8. The molecule has 0 aliphatic carbocycles. The number of methoxy groups -OCH3 is 1. The van der Waals surface area contributed by atoms with Crippen LogP contribution in [0.25, 0.3) is 0 Å². The van der Waals surface area contributed by atoms with Gasteiger partial charge in [-0.05, 0) is 87.7 Å². The first kappa shape index (κ1) is 72.9. The summed E-state index contributed by atoms with van der Waals surface area (Å²) in [5, 5.41) is 68.9. The minimum atomic E-state index is -3.44. The molecule has 6 rings (SSSR count). The van der Waals surface area contributed by atoms with Gasteiger partial charge in [-0.25, -0.2) is 0 Å². The molecule has 3 aliphatic heterocycles. The first-order chi connectivity index (χ1) is 40.7.